The number of carbonyl (C=O) groups excluding carboxylic acids is 1. The summed E-state index contributed by atoms with van der Waals surface area (Å²) in [6, 6.07) is 11.5. The summed E-state index contributed by atoms with van der Waals surface area (Å²) in [6.07, 6.45) is -3.33. The molecule has 0 saturated carbocycles. The second-order valence-corrected chi connectivity index (χ2v) is 6.86. The first kappa shape index (κ1) is 21.8. The molecule has 11 heteroatoms. The number of benzene rings is 1. The second kappa shape index (κ2) is 8.58. The van der Waals surface area contributed by atoms with Gasteiger partial charge in [0.25, 0.3) is 5.91 Å². The van der Waals surface area contributed by atoms with Crippen molar-refractivity contribution in [2.24, 2.45) is 0 Å². The number of halogens is 3. The summed E-state index contributed by atoms with van der Waals surface area (Å²) in [6.45, 7) is -0.274. The van der Waals surface area contributed by atoms with Crippen molar-refractivity contribution < 1.29 is 22.7 Å². The van der Waals surface area contributed by atoms with Crippen LogP contribution in [0.3, 0.4) is 0 Å². The summed E-state index contributed by atoms with van der Waals surface area (Å²) < 4.78 is 46.8. The molecule has 2 N–H and O–H groups in total. The molecular formula is C22H15F3N6O2. The van der Waals surface area contributed by atoms with E-state index in [1.165, 1.54) is 37.6 Å². The lowest BCUT2D eigenvalue weighted by molar-refractivity contribution is -0.139. The van der Waals surface area contributed by atoms with E-state index >= 15 is 0 Å². The molecule has 3 heterocycles. The van der Waals surface area contributed by atoms with Gasteiger partial charge in [-0.15, -0.1) is 0 Å². The Labute approximate surface area is 185 Å². The Kier molecular flexibility index (Phi) is 5.66. The van der Waals surface area contributed by atoms with E-state index in [9.17, 15) is 23.2 Å². The number of ether oxygens (including phenoxy) is 1. The average molecular weight is 452 g/mol. The van der Waals surface area contributed by atoms with Gasteiger partial charge in [-0.1, -0.05) is 6.07 Å². The van der Waals surface area contributed by atoms with Gasteiger partial charge in [0, 0.05) is 12.6 Å². The molecule has 0 fully saturated rings. The van der Waals surface area contributed by atoms with Crippen LogP contribution in [0.15, 0.2) is 48.8 Å². The zero-order chi connectivity index (χ0) is 23.6. The van der Waals surface area contributed by atoms with Crippen molar-refractivity contribution in [2.75, 3.05) is 7.05 Å². The van der Waals surface area contributed by atoms with Gasteiger partial charge in [-0.2, -0.15) is 18.4 Å². The van der Waals surface area contributed by atoms with Gasteiger partial charge >= 0.3 is 6.18 Å². The number of hydrogen-bond acceptors (Lipinski definition) is 6. The lowest BCUT2D eigenvalue weighted by Crippen LogP contribution is -2.19. The van der Waals surface area contributed by atoms with Crippen molar-refractivity contribution in [3.63, 3.8) is 0 Å². The zero-order valence-electron chi connectivity index (χ0n) is 17.1. The van der Waals surface area contributed by atoms with Crippen molar-refractivity contribution in [2.45, 2.75) is 12.8 Å². The van der Waals surface area contributed by atoms with Gasteiger partial charge < -0.3 is 15.0 Å². The third kappa shape index (κ3) is 4.45. The molecule has 3 aromatic heterocycles. The highest BCUT2D eigenvalue weighted by molar-refractivity contribution is 5.92. The topological polar surface area (TPSA) is 117 Å². The van der Waals surface area contributed by atoms with E-state index in [0.29, 0.717) is 16.7 Å². The van der Waals surface area contributed by atoms with E-state index in [0.717, 1.165) is 6.07 Å². The fraction of sp³-hybridized carbons (Fsp3) is 0.136. The minimum atomic E-state index is -4.71. The molecular weight excluding hydrogens is 437 g/mol. The molecule has 0 spiro atoms. The van der Waals surface area contributed by atoms with E-state index in [4.69, 9.17) is 4.74 Å². The van der Waals surface area contributed by atoms with Crippen LogP contribution in [-0.2, 0) is 12.8 Å². The van der Waals surface area contributed by atoms with Gasteiger partial charge in [-0.05, 0) is 36.4 Å². The maximum Gasteiger partial charge on any atom is 0.419 e. The Balaban J connectivity index is 1.67. The van der Waals surface area contributed by atoms with Crippen LogP contribution in [0, 0.1) is 11.3 Å². The fourth-order valence-electron chi connectivity index (χ4n) is 3.17. The van der Waals surface area contributed by atoms with Gasteiger partial charge in [0.1, 0.15) is 29.6 Å². The highest BCUT2D eigenvalue weighted by Crippen LogP contribution is 2.39. The molecule has 0 radical (unpaired) electrons. The lowest BCUT2D eigenvalue weighted by atomic mass is 10.1. The van der Waals surface area contributed by atoms with Crippen molar-refractivity contribution in [1.82, 2.24) is 25.3 Å². The molecule has 0 atom stereocenters. The summed E-state index contributed by atoms with van der Waals surface area (Å²) in [4.78, 5) is 26.8. The molecule has 1 aromatic carbocycles. The van der Waals surface area contributed by atoms with Crippen molar-refractivity contribution in [3.8, 4) is 23.1 Å². The summed E-state index contributed by atoms with van der Waals surface area (Å²) >= 11 is 0. The number of aromatic amines is 1. The van der Waals surface area contributed by atoms with E-state index < -0.39 is 23.4 Å². The molecule has 4 aromatic rings. The Morgan fingerprint density at radius 1 is 1.21 bits per heavy atom. The number of nitriles is 1. The Hall–Kier alpha value is -4.46. The minimum Gasteiger partial charge on any atom is -0.487 e. The van der Waals surface area contributed by atoms with Crippen LogP contribution in [-0.4, -0.2) is 32.9 Å². The monoisotopic (exact) mass is 452 g/mol. The Morgan fingerprint density at radius 3 is 2.76 bits per heavy atom. The first-order valence-electron chi connectivity index (χ1n) is 9.57. The maximum atomic E-state index is 13.8. The number of alkyl halides is 3. The smallest absolute Gasteiger partial charge is 0.419 e. The zero-order valence-corrected chi connectivity index (χ0v) is 17.1. The fourth-order valence-corrected chi connectivity index (χ4v) is 3.17. The predicted octanol–water partition coefficient (Wildman–Crippen LogP) is 3.85. The number of aromatic nitrogens is 4. The normalized spacial score (nSPS) is 11.2. The maximum absolute atomic E-state index is 13.8. The third-order valence-corrected chi connectivity index (χ3v) is 4.74. The predicted molar refractivity (Wildman–Crippen MR) is 111 cm³/mol. The van der Waals surface area contributed by atoms with Gasteiger partial charge in [0.15, 0.2) is 5.69 Å². The minimum absolute atomic E-state index is 0.000271. The van der Waals surface area contributed by atoms with Crippen LogP contribution < -0.4 is 10.1 Å². The summed E-state index contributed by atoms with van der Waals surface area (Å²) in [5.74, 6) is -0.822. The van der Waals surface area contributed by atoms with Crippen LogP contribution >= 0.6 is 0 Å². The number of amides is 1. The van der Waals surface area contributed by atoms with E-state index in [1.54, 1.807) is 12.1 Å². The van der Waals surface area contributed by atoms with Gasteiger partial charge in [0.2, 0.25) is 0 Å². The lowest BCUT2D eigenvalue weighted by Gasteiger charge is -2.15. The molecule has 0 unspecified atom stereocenters. The first-order valence-corrected chi connectivity index (χ1v) is 9.57. The Bertz CT molecular complexity index is 1390. The van der Waals surface area contributed by atoms with Crippen LogP contribution in [0.25, 0.3) is 22.3 Å². The second-order valence-electron chi connectivity index (χ2n) is 6.86. The summed E-state index contributed by atoms with van der Waals surface area (Å²) in [5.41, 5.74) is 0.558. The Morgan fingerprint density at radius 2 is 2.03 bits per heavy atom. The SMILES string of the molecule is CNC(=O)c1cccc(COc2ccc(-c3cc4[nH]cnc4c(C#N)n3)cc2C(F)(F)F)n1. The molecule has 0 aliphatic rings. The van der Waals surface area contributed by atoms with Crippen LogP contribution in [0.4, 0.5) is 13.2 Å². The molecule has 0 aliphatic heterocycles. The number of imidazole rings is 1. The molecule has 4 rings (SSSR count). The molecule has 1 amide bonds. The molecule has 0 saturated heterocycles. The number of fused-ring (bicyclic) bond motifs is 1. The quantitative estimate of drug-likeness (QED) is 0.475. The van der Waals surface area contributed by atoms with Gasteiger partial charge in [-0.25, -0.2) is 15.0 Å². The first-order chi connectivity index (χ1) is 15.8. The number of H-pyrrole nitrogens is 1. The van der Waals surface area contributed by atoms with E-state index in [2.05, 4.69) is 25.3 Å². The van der Waals surface area contributed by atoms with Crippen LogP contribution in [0.2, 0.25) is 0 Å². The number of carbonyl (C=O) groups is 1. The number of pyridine rings is 2. The molecule has 0 bridgehead atoms. The number of rotatable bonds is 5. The molecule has 166 valence electrons. The van der Waals surface area contributed by atoms with Crippen LogP contribution in [0.1, 0.15) is 27.4 Å². The summed E-state index contributed by atoms with van der Waals surface area (Å²) in [5, 5.41) is 11.7. The van der Waals surface area contributed by atoms with Crippen molar-refractivity contribution >= 4 is 16.9 Å². The van der Waals surface area contributed by atoms with Gasteiger partial charge in [0.05, 0.1) is 28.8 Å². The van der Waals surface area contributed by atoms with Crippen LogP contribution in [0.5, 0.6) is 5.75 Å². The van der Waals surface area contributed by atoms with Gasteiger partial charge in [-0.3, -0.25) is 4.79 Å². The molecule has 33 heavy (non-hydrogen) atoms. The average Bonchev–Trinajstić information content (AvgIpc) is 3.30. The molecule has 0 aliphatic carbocycles. The largest absolute Gasteiger partial charge is 0.487 e. The van der Waals surface area contributed by atoms with E-state index in [1.807, 2.05) is 6.07 Å². The van der Waals surface area contributed by atoms with Crippen molar-refractivity contribution in [3.05, 3.63) is 71.4 Å². The number of nitrogens with zero attached hydrogens (tertiary/aromatic N) is 4. The highest BCUT2D eigenvalue weighted by Gasteiger charge is 2.35. The molecule has 8 nitrogen and oxygen atoms in total. The third-order valence-electron chi connectivity index (χ3n) is 4.74. The highest BCUT2D eigenvalue weighted by atomic mass is 19.4. The van der Waals surface area contributed by atoms with Crippen molar-refractivity contribution in [1.29, 1.82) is 5.26 Å². The van der Waals surface area contributed by atoms with E-state index in [-0.39, 0.29) is 29.3 Å². The summed E-state index contributed by atoms with van der Waals surface area (Å²) in [7, 11) is 1.45. The number of hydrogen-bond donors (Lipinski definition) is 2. The number of nitrogens with one attached hydrogen (secondary N) is 2. The standard InChI is InChI=1S/C22H15F3N6O2/c1-27-21(32)15-4-2-3-13(30-15)10-33-19-6-5-12(7-14(19)22(23,24)25)16-8-17-20(29-11-28-17)18(9-26)31-16/h2-8,11H,10H2,1H3,(H,27,32)(H,28,29).